The van der Waals surface area contributed by atoms with Gasteiger partial charge in [-0.15, -0.1) is 11.8 Å². The zero-order valence-electron chi connectivity index (χ0n) is 17.9. The molecule has 0 radical (unpaired) electrons. The minimum Gasteiger partial charge on any atom is -0.497 e. The third-order valence-electron chi connectivity index (χ3n) is 3.91. The predicted molar refractivity (Wildman–Crippen MR) is 112 cm³/mol. The molecule has 1 N–H and O–H groups in total. The van der Waals surface area contributed by atoms with Gasteiger partial charge in [-0.05, 0) is 44.9 Å². The zero-order chi connectivity index (χ0) is 20.8. The van der Waals surface area contributed by atoms with Crippen LogP contribution >= 0.6 is 11.8 Å². The van der Waals surface area contributed by atoms with Crippen LogP contribution in [-0.4, -0.2) is 45.5 Å². The molecule has 0 aliphatic heterocycles. The van der Waals surface area contributed by atoms with Crippen LogP contribution in [-0.2, 0) is 4.74 Å². The van der Waals surface area contributed by atoms with Crippen LogP contribution in [0.5, 0.6) is 5.75 Å². The van der Waals surface area contributed by atoms with Crippen molar-refractivity contribution >= 4 is 17.9 Å². The lowest BCUT2D eigenvalue weighted by Gasteiger charge is -2.36. The fraction of sp³-hybridized carbons (Fsp3) is 0.667. The average Bonchev–Trinajstić information content (AvgIpc) is 2.55. The van der Waals surface area contributed by atoms with E-state index in [0.29, 0.717) is 12.3 Å². The van der Waals surface area contributed by atoms with Crippen molar-refractivity contribution in [2.75, 3.05) is 13.0 Å². The maximum absolute atomic E-state index is 12.9. The summed E-state index contributed by atoms with van der Waals surface area (Å²) in [4.78, 5) is 14.5. The second-order valence-corrected chi connectivity index (χ2v) is 10.3. The first-order valence-electron chi connectivity index (χ1n) is 9.33. The van der Waals surface area contributed by atoms with E-state index in [2.05, 4.69) is 20.8 Å². The van der Waals surface area contributed by atoms with Crippen LogP contribution in [0, 0.1) is 0 Å². The summed E-state index contributed by atoms with van der Waals surface area (Å²) in [5.41, 5.74) is 0.155. The van der Waals surface area contributed by atoms with E-state index in [4.69, 9.17) is 9.47 Å². The minimum absolute atomic E-state index is 0.0103. The molecule has 0 unspecified atom stereocenters. The highest BCUT2D eigenvalue weighted by Gasteiger charge is 2.33. The number of nitrogens with zero attached hydrogens (tertiary/aromatic N) is 1. The van der Waals surface area contributed by atoms with Gasteiger partial charge in [0.1, 0.15) is 11.4 Å². The number of benzene rings is 1. The van der Waals surface area contributed by atoms with Gasteiger partial charge in [0.05, 0.1) is 25.1 Å². The van der Waals surface area contributed by atoms with Crippen molar-refractivity contribution < 1.29 is 19.4 Å². The Balaban J connectivity index is 3.10. The van der Waals surface area contributed by atoms with Crippen LogP contribution in [0.1, 0.15) is 66.6 Å². The van der Waals surface area contributed by atoms with E-state index >= 15 is 0 Å². The summed E-state index contributed by atoms with van der Waals surface area (Å²) < 4.78 is 10.8. The molecule has 0 saturated heterocycles. The number of ether oxygens (including phenoxy) is 2. The number of hydrogen-bond donors (Lipinski definition) is 1. The first kappa shape index (κ1) is 23.6. The molecule has 0 spiro atoms. The Morgan fingerprint density at radius 1 is 1.15 bits per heavy atom. The van der Waals surface area contributed by atoms with E-state index in [0.717, 1.165) is 11.3 Å². The van der Waals surface area contributed by atoms with Crippen molar-refractivity contribution in [3.8, 4) is 5.75 Å². The lowest BCUT2D eigenvalue weighted by molar-refractivity contribution is -0.00126. The quantitative estimate of drug-likeness (QED) is 0.638. The summed E-state index contributed by atoms with van der Waals surface area (Å²) >= 11 is 1.65. The third kappa shape index (κ3) is 8.01. The van der Waals surface area contributed by atoms with Crippen LogP contribution in [0.3, 0.4) is 0 Å². The first-order valence-corrected chi connectivity index (χ1v) is 10.3. The van der Waals surface area contributed by atoms with Crippen molar-refractivity contribution in [2.24, 2.45) is 0 Å². The summed E-state index contributed by atoms with van der Waals surface area (Å²) in [7, 11) is 1.61. The van der Waals surface area contributed by atoms with E-state index in [1.807, 2.05) is 52.0 Å². The van der Waals surface area contributed by atoms with Gasteiger partial charge in [0, 0.05) is 4.75 Å². The first-order chi connectivity index (χ1) is 12.4. The van der Waals surface area contributed by atoms with Crippen LogP contribution in [0.4, 0.5) is 4.79 Å². The van der Waals surface area contributed by atoms with E-state index in [-0.39, 0.29) is 10.8 Å². The molecule has 5 nitrogen and oxygen atoms in total. The van der Waals surface area contributed by atoms with Crippen molar-refractivity contribution in [2.45, 2.75) is 77.4 Å². The number of amides is 1. The number of methoxy groups -OCH3 is 1. The number of carbonyl (C=O) groups is 1. The lowest BCUT2D eigenvalue weighted by atomic mass is 9.99. The Hall–Kier alpha value is -1.40. The number of aliphatic hydroxyl groups is 1. The van der Waals surface area contributed by atoms with Crippen LogP contribution in [0.25, 0.3) is 0 Å². The molecule has 1 amide bonds. The molecule has 0 aliphatic carbocycles. The van der Waals surface area contributed by atoms with Gasteiger partial charge >= 0.3 is 6.09 Å². The van der Waals surface area contributed by atoms with Crippen LogP contribution in [0.2, 0.25) is 0 Å². The number of aliphatic hydroxyl groups excluding tert-OH is 1. The summed E-state index contributed by atoms with van der Waals surface area (Å²) in [5.74, 6) is 1.18. The second-order valence-electron chi connectivity index (χ2n) is 8.53. The summed E-state index contributed by atoms with van der Waals surface area (Å²) in [6.07, 6.45) is -0.607. The highest BCUT2D eigenvalue weighted by molar-refractivity contribution is 8.00. The van der Waals surface area contributed by atoms with Gasteiger partial charge in [0.2, 0.25) is 0 Å². The van der Waals surface area contributed by atoms with Gasteiger partial charge in [0.15, 0.2) is 0 Å². The van der Waals surface area contributed by atoms with Crippen molar-refractivity contribution in [3.05, 3.63) is 29.8 Å². The van der Waals surface area contributed by atoms with E-state index in [1.165, 1.54) is 0 Å². The Labute approximate surface area is 168 Å². The Morgan fingerprint density at radius 2 is 1.70 bits per heavy atom. The van der Waals surface area contributed by atoms with Crippen LogP contribution < -0.4 is 4.74 Å². The van der Waals surface area contributed by atoms with Crippen LogP contribution in [0.15, 0.2) is 24.3 Å². The van der Waals surface area contributed by atoms with Gasteiger partial charge in [-0.25, -0.2) is 4.79 Å². The number of hydrogen-bond acceptors (Lipinski definition) is 5. The smallest absolute Gasteiger partial charge is 0.411 e. The summed E-state index contributed by atoms with van der Waals surface area (Å²) in [5, 5.41) is 11.0. The molecule has 0 aliphatic rings. The second kappa shape index (κ2) is 9.69. The topological polar surface area (TPSA) is 59.0 Å². The fourth-order valence-corrected chi connectivity index (χ4v) is 3.33. The van der Waals surface area contributed by atoms with E-state index < -0.39 is 17.8 Å². The molecule has 6 heteroatoms. The molecule has 0 bridgehead atoms. The molecule has 27 heavy (non-hydrogen) atoms. The normalized spacial score (nSPS) is 14.4. The minimum atomic E-state index is -0.811. The Kier molecular flexibility index (Phi) is 8.48. The molecule has 0 aromatic heterocycles. The number of carbonyl (C=O) groups excluding carboxylic acids is 1. The molecule has 0 fully saturated rings. The van der Waals surface area contributed by atoms with E-state index in [1.54, 1.807) is 23.8 Å². The number of thioether (sulfide) groups is 1. The van der Waals surface area contributed by atoms with Crippen molar-refractivity contribution in [3.63, 3.8) is 0 Å². The zero-order valence-corrected chi connectivity index (χ0v) is 18.7. The standard InChI is InChI=1S/C21H35NO4S/c1-9-17(18(23)15-10-12-16(25-8)13-11-15)22(14-27-21(5,6)7)19(24)26-20(2,3)4/h10-13,17-18,23H,9,14H2,1-8H3/t17-,18-/m0/s1. The maximum atomic E-state index is 12.9. The third-order valence-corrected chi connectivity index (χ3v) is 5.18. The van der Waals surface area contributed by atoms with E-state index in [9.17, 15) is 9.90 Å². The molecule has 1 aromatic rings. The maximum Gasteiger partial charge on any atom is 0.411 e. The molecular formula is C21H35NO4S. The van der Waals surface area contributed by atoms with Gasteiger partial charge in [-0.3, -0.25) is 4.90 Å². The molecular weight excluding hydrogens is 362 g/mol. The van der Waals surface area contributed by atoms with Gasteiger partial charge in [-0.1, -0.05) is 39.8 Å². The summed E-state index contributed by atoms with van der Waals surface area (Å²) in [6.45, 7) is 13.8. The molecule has 1 rings (SSSR count). The highest BCUT2D eigenvalue weighted by Crippen LogP contribution is 2.31. The molecule has 2 atom stereocenters. The largest absolute Gasteiger partial charge is 0.497 e. The van der Waals surface area contributed by atoms with Gasteiger partial charge in [0.25, 0.3) is 0 Å². The predicted octanol–water partition coefficient (Wildman–Crippen LogP) is 5.23. The Morgan fingerprint density at radius 3 is 2.11 bits per heavy atom. The number of rotatable bonds is 7. The molecule has 0 saturated carbocycles. The molecule has 0 heterocycles. The molecule has 154 valence electrons. The Bertz CT molecular complexity index is 590. The lowest BCUT2D eigenvalue weighted by Crippen LogP contribution is -2.46. The van der Waals surface area contributed by atoms with Gasteiger partial charge < -0.3 is 14.6 Å². The van der Waals surface area contributed by atoms with Gasteiger partial charge in [-0.2, -0.15) is 0 Å². The van der Waals surface area contributed by atoms with Crippen molar-refractivity contribution in [1.29, 1.82) is 0 Å². The van der Waals surface area contributed by atoms with Crippen molar-refractivity contribution in [1.82, 2.24) is 4.90 Å². The molecule has 1 aromatic carbocycles. The fourth-order valence-electron chi connectivity index (χ4n) is 2.50. The average molecular weight is 398 g/mol. The monoisotopic (exact) mass is 397 g/mol. The SMILES string of the molecule is CC[C@@H]([C@@H](O)c1ccc(OC)cc1)N(CSC(C)(C)C)C(=O)OC(C)(C)C. The summed E-state index contributed by atoms with van der Waals surface area (Å²) in [6, 6.07) is 6.90. The highest BCUT2D eigenvalue weighted by atomic mass is 32.2.